The third-order valence-corrected chi connectivity index (χ3v) is 10.2. The smallest absolute Gasteiger partial charge is 0.341 e. The van der Waals surface area contributed by atoms with Crippen molar-refractivity contribution in [2.45, 2.75) is 70.4 Å². The first-order valence-electron chi connectivity index (χ1n) is 12.3. The van der Waals surface area contributed by atoms with Gasteiger partial charge < -0.3 is 14.6 Å². The van der Waals surface area contributed by atoms with Crippen LogP contribution in [0.4, 0.5) is 5.00 Å². The molecule has 184 valence electrons. The second-order valence-electron chi connectivity index (χ2n) is 10.6. The van der Waals surface area contributed by atoms with Crippen LogP contribution in [-0.4, -0.2) is 39.5 Å². The lowest BCUT2D eigenvalue weighted by atomic mass is 9.49. The van der Waals surface area contributed by atoms with Crippen molar-refractivity contribution in [3.05, 3.63) is 21.8 Å². The van der Waals surface area contributed by atoms with Gasteiger partial charge in [0.05, 0.1) is 18.4 Å². The summed E-state index contributed by atoms with van der Waals surface area (Å²) in [6.07, 6.45) is 10.1. The number of thiophene rings is 1. The number of anilines is 1. The summed E-state index contributed by atoms with van der Waals surface area (Å²) in [6, 6.07) is 0. The Balaban J connectivity index is 1.22. The SMILES string of the molecule is CCc1c(C)sc(NC(=O)CSc2nnc(CC34CC5CC(CC(C5)C3)C4)n2C)c1C(=O)OC. The fraction of sp³-hybridized carbons (Fsp3) is 0.680. The van der Waals surface area contributed by atoms with Crippen LogP contribution >= 0.6 is 23.1 Å². The van der Waals surface area contributed by atoms with E-state index in [0.29, 0.717) is 22.4 Å². The van der Waals surface area contributed by atoms with E-state index in [9.17, 15) is 9.59 Å². The molecule has 0 saturated heterocycles. The summed E-state index contributed by atoms with van der Waals surface area (Å²) in [4.78, 5) is 26.1. The number of hydrogen-bond acceptors (Lipinski definition) is 7. The molecule has 4 aliphatic carbocycles. The van der Waals surface area contributed by atoms with Gasteiger partial charge in [-0.15, -0.1) is 21.5 Å². The number of nitrogens with zero attached hydrogens (tertiary/aromatic N) is 3. The highest BCUT2D eigenvalue weighted by Gasteiger charge is 2.51. The van der Waals surface area contributed by atoms with Gasteiger partial charge in [0.15, 0.2) is 5.16 Å². The fourth-order valence-corrected chi connectivity index (χ4v) is 9.05. The van der Waals surface area contributed by atoms with Crippen molar-refractivity contribution >= 4 is 40.0 Å². The molecule has 34 heavy (non-hydrogen) atoms. The van der Waals surface area contributed by atoms with Crippen LogP contribution in [0.5, 0.6) is 0 Å². The number of esters is 1. The van der Waals surface area contributed by atoms with Crippen molar-refractivity contribution in [1.82, 2.24) is 14.8 Å². The number of nitrogens with one attached hydrogen (secondary N) is 1. The lowest BCUT2D eigenvalue weighted by molar-refractivity contribution is -0.113. The number of aryl methyl sites for hydroxylation is 1. The molecule has 0 aliphatic heterocycles. The zero-order chi connectivity index (χ0) is 24.0. The topological polar surface area (TPSA) is 86.1 Å². The Morgan fingerprint density at radius 2 is 1.82 bits per heavy atom. The van der Waals surface area contributed by atoms with Crippen LogP contribution in [-0.2, 0) is 29.4 Å². The number of amides is 1. The van der Waals surface area contributed by atoms with Crippen LogP contribution < -0.4 is 5.32 Å². The number of aromatic nitrogens is 3. The Morgan fingerprint density at radius 3 is 2.41 bits per heavy atom. The zero-order valence-electron chi connectivity index (χ0n) is 20.5. The van der Waals surface area contributed by atoms with Crippen LogP contribution in [0.15, 0.2) is 5.16 Å². The van der Waals surface area contributed by atoms with Gasteiger partial charge in [-0.1, -0.05) is 18.7 Å². The molecule has 9 heteroatoms. The number of rotatable bonds is 8. The van der Waals surface area contributed by atoms with Gasteiger partial charge in [-0.05, 0) is 80.6 Å². The summed E-state index contributed by atoms with van der Waals surface area (Å²) in [5, 5.41) is 13.2. The first-order chi connectivity index (χ1) is 16.3. The van der Waals surface area contributed by atoms with E-state index in [1.54, 1.807) is 0 Å². The summed E-state index contributed by atoms with van der Waals surface area (Å²) in [5.41, 5.74) is 1.82. The molecule has 2 aromatic heterocycles. The van der Waals surface area contributed by atoms with Crippen molar-refractivity contribution in [3.8, 4) is 0 Å². The second kappa shape index (κ2) is 9.30. The standard InChI is InChI=1S/C25H34N4O3S2/c1-5-18-14(2)34-22(21(18)23(31)32-4)26-20(30)13-33-24-28-27-19(29(24)3)12-25-9-15-6-16(10-25)8-17(7-15)11-25/h15-17H,5-13H2,1-4H3,(H,26,30). The molecule has 7 nitrogen and oxygen atoms in total. The van der Waals surface area contributed by atoms with Crippen LogP contribution in [0.1, 0.15) is 72.1 Å². The van der Waals surface area contributed by atoms with E-state index in [2.05, 4.69) is 20.1 Å². The lowest BCUT2D eigenvalue weighted by Crippen LogP contribution is -2.47. The number of ether oxygens (including phenoxy) is 1. The largest absolute Gasteiger partial charge is 0.465 e. The summed E-state index contributed by atoms with van der Waals surface area (Å²) >= 11 is 2.81. The Hall–Kier alpha value is -1.87. The highest BCUT2D eigenvalue weighted by atomic mass is 32.2. The predicted molar refractivity (Wildman–Crippen MR) is 134 cm³/mol. The van der Waals surface area contributed by atoms with Crippen molar-refractivity contribution in [1.29, 1.82) is 0 Å². The number of carbonyl (C=O) groups is 2. The third-order valence-electron chi connectivity index (χ3n) is 8.16. The fourth-order valence-electron chi connectivity index (χ4n) is 7.17. The Kier molecular flexibility index (Phi) is 6.52. The van der Waals surface area contributed by atoms with Crippen molar-refractivity contribution in [3.63, 3.8) is 0 Å². The summed E-state index contributed by atoms with van der Waals surface area (Å²) < 4.78 is 7.02. The van der Waals surface area contributed by atoms with Gasteiger partial charge in [-0.3, -0.25) is 4.79 Å². The van der Waals surface area contributed by atoms with E-state index in [1.165, 1.54) is 68.7 Å². The molecule has 6 rings (SSSR count). The summed E-state index contributed by atoms with van der Waals surface area (Å²) in [5.74, 6) is 3.43. The second-order valence-corrected chi connectivity index (χ2v) is 12.7. The molecule has 0 spiro atoms. The molecule has 0 atom stereocenters. The van der Waals surface area contributed by atoms with Crippen molar-refractivity contribution in [2.75, 3.05) is 18.2 Å². The van der Waals surface area contributed by atoms with Gasteiger partial charge in [-0.25, -0.2) is 4.79 Å². The molecule has 4 fully saturated rings. The van der Waals surface area contributed by atoms with Crippen LogP contribution in [0.2, 0.25) is 0 Å². The van der Waals surface area contributed by atoms with E-state index in [0.717, 1.165) is 45.6 Å². The van der Waals surface area contributed by atoms with E-state index in [4.69, 9.17) is 4.74 Å². The van der Waals surface area contributed by atoms with Gasteiger partial charge in [0, 0.05) is 18.3 Å². The van der Waals surface area contributed by atoms with Gasteiger partial charge in [0.2, 0.25) is 5.91 Å². The van der Waals surface area contributed by atoms with Crippen LogP contribution in [0.25, 0.3) is 0 Å². The maximum atomic E-state index is 12.7. The Labute approximate surface area is 209 Å². The molecule has 4 aliphatic rings. The normalized spacial score (nSPS) is 27.2. The molecular formula is C25H34N4O3S2. The van der Waals surface area contributed by atoms with Crippen molar-refractivity contribution in [2.24, 2.45) is 30.2 Å². The molecule has 2 heterocycles. The minimum atomic E-state index is -0.410. The lowest BCUT2D eigenvalue weighted by Gasteiger charge is -2.56. The van der Waals surface area contributed by atoms with Crippen LogP contribution in [0.3, 0.4) is 0 Å². The van der Waals surface area contributed by atoms with Crippen molar-refractivity contribution < 1.29 is 14.3 Å². The van der Waals surface area contributed by atoms with Gasteiger partial charge in [-0.2, -0.15) is 0 Å². The highest BCUT2D eigenvalue weighted by molar-refractivity contribution is 7.99. The van der Waals surface area contributed by atoms with Gasteiger partial charge in [0.25, 0.3) is 0 Å². The Bertz CT molecular complexity index is 1070. The maximum Gasteiger partial charge on any atom is 0.341 e. The molecule has 1 N–H and O–H groups in total. The summed E-state index contributed by atoms with van der Waals surface area (Å²) in [6.45, 7) is 3.96. The Morgan fingerprint density at radius 1 is 1.18 bits per heavy atom. The maximum absolute atomic E-state index is 12.7. The van der Waals surface area contributed by atoms with Gasteiger partial charge in [0.1, 0.15) is 10.8 Å². The summed E-state index contributed by atoms with van der Waals surface area (Å²) in [7, 11) is 3.38. The average Bonchev–Trinajstić information content (AvgIpc) is 3.28. The molecule has 0 radical (unpaired) electrons. The third kappa shape index (κ3) is 4.41. The zero-order valence-corrected chi connectivity index (χ0v) is 22.1. The number of carbonyl (C=O) groups excluding carboxylic acids is 2. The molecular weight excluding hydrogens is 468 g/mol. The van der Waals surface area contributed by atoms with E-state index >= 15 is 0 Å². The number of thioether (sulfide) groups is 1. The van der Waals surface area contributed by atoms with Gasteiger partial charge >= 0.3 is 5.97 Å². The molecule has 4 saturated carbocycles. The number of methoxy groups -OCH3 is 1. The number of hydrogen-bond donors (Lipinski definition) is 1. The average molecular weight is 503 g/mol. The highest BCUT2D eigenvalue weighted by Crippen LogP contribution is 2.61. The monoisotopic (exact) mass is 502 g/mol. The molecule has 2 aromatic rings. The molecule has 0 aromatic carbocycles. The molecule has 0 unspecified atom stereocenters. The van der Waals surface area contributed by atoms with E-state index in [-0.39, 0.29) is 11.7 Å². The first-order valence-corrected chi connectivity index (χ1v) is 14.1. The minimum absolute atomic E-state index is 0.162. The minimum Gasteiger partial charge on any atom is -0.465 e. The quantitative estimate of drug-likeness (QED) is 0.403. The van der Waals surface area contributed by atoms with E-state index in [1.807, 2.05) is 20.9 Å². The predicted octanol–water partition coefficient (Wildman–Crippen LogP) is 5.02. The van der Waals surface area contributed by atoms with E-state index < -0.39 is 5.97 Å². The first kappa shape index (κ1) is 23.9. The molecule has 4 bridgehead atoms. The van der Waals surface area contributed by atoms with Crippen LogP contribution in [0, 0.1) is 30.1 Å². The molecule has 1 amide bonds.